The number of hydrogen-bond acceptors (Lipinski definition) is 5. The Labute approximate surface area is 201 Å². The molecular weight excluding hydrogens is 450 g/mol. The molecule has 0 fully saturated rings. The van der Waals surface area contributed by atoms with Crippen molar-refractivity contribution in [3.8, 4) is 17.1 Å². The lowest BCUT2D eigenvalue weighted by Crippen LogP contribution is -2.14. The van der Waals surface area contributed by atoms with E-state index in [9.17, 15) is 4.79 Å². The lowest BCUT2D eigenvalue weighted by atomic mass is 10.1. The fourth-order valence-corrected chi connectivity index (χ4v) is 3.83. The first-order valence-corrected chi connectivity index (χ1v) is 11.0. The molecule has 0 unspecified atom stereocenters. The number of ether oxygens (including phenoxy) is 1. The van der Waals surface area contributed by atoms with Gasteiger partial charge in [-0.1, -0.05) is 48.0 Å². The second kappa shape index (κ2) is 9.33. The molecule has 1 N–H and O–H groups in total. The van der Waals surface area contributed by atoms with Crippen molar-refractivity contribution in [1.29, 1.82) is 0 Å². The number of hydrogen-bond donors (Lipinski definition) is 1. The quantitative estimate of drug-likeness (QED) is 0.354. The first kappa shape index (κ1) is 21.6. The molecule has 168 valence electrons. The van der Waals surface area contributed by atoms with Crippen molar-refractivity contribution >= 4 is 34.1 Å². The van der Waals surface area contributed by atoms with Gasteiger partial charge in [-0.05, 0) is 36.4 Å². The van der Waals surface area contributed by atoms with Crippen molar-refractivity contribution in [2.75, 3.05) is 5.32 Å². The molecule has 3 aromatic heterocycles. The number of amides is 1. The fraction of sp³-hybridized carbons (Fsp3) is 0.0769. The van der Waals surface area contributed by atoms with Gasteiger partial charge >= 0.3 is 0 Å². The van der Waals surface area contributed by atoms with Crippen LogP contribution < -0.4 is 10.1 Å². The molecule has 2 aromatic carbocycles. The topological polar surface area (TPSA) is 81.9 Å². The van der Waals surface area contributed by atoms with E-state index in [0.29, 0.717) is 39.1 Å². The molecule has 0 atom stereocenters. The standard InChI is InChI=1S/C26H20ClN5O2/c1-32-25(27)20(24(31-32)22-11-6-7-13-28-22)16-34-23-12-5-3-9-19(23)26(33)30-18-14-17-8-2-4-10-21(17)29-15-18/h2-15H,16H2,1H3,(H,30,33). The molecular formula is C26H20ClN5O2. The molecule has 7 nitrogen and oxygen atoms in total. The van der Waals surface area contributed by atoms with Gasteiger partial charge in [0.05, 0.1) is 34.2 Å². The normalized spacial score (nSPS) is 10.9. The van der Waals surface area contributed by atoms with E-state index in [1.54, 1.807) is 42.3 Å². The Balaban J connectivity index is 1.38. The van der Waals surface area contributed by atoms with Gasteiger partial charge in [0.25, 0.3) is 5.91 Å². The smallest absolute Gasteiger partial charge is 0.259 e. The van der Waals surface area contributed by atoms with Crippen molar-refractivity contribution in [3.05, 3.63) is 101 Å². The molecule has 5 aromatic rings. The van der Waals surface area contributed by atoms with E-state index in [0.717, 1.165) is 10.9 Å². The Morgan fingerprint density at radius 3 is 2.68 bits per heavy atom. The first-order valence-electron chi connectivity index (χ1n) is 10.6. The molecule has 5 rings (SSSR count). The lowest BCUT2D eigenvalue weighted by Gasteiger charge is -2.12. The second-order valence-corrected chi connectivity index (χ2v) is 7.97. The summed E-state index contributed by atoms with van der Waals surface area (Å²) >= 11 is 6.49. The molecule has 34 heavy (non-hydrogen) atoms. The van der Waals surface area contributed by atoms with Gasteiger partial charge in [0, 0.05) is 18.6 Å². The maximum Gasteiger partial charge on any atom is 0.259 e. The highest BCUT2D eigenvalue weighted by molar-refractivity contribution is 6.30. The molecule has 0 aliphatic rings. The van der Waals surface area contributed by atoms with Crippen LogP contribution in [0.1, 0.15) is 15.9 Å². The van der Waals surface area contributed by atoms with Crippen molar-refractivity contribution < 1.29 is 9.53 Å². The van der Waals surface area contributed by atoms with Crippen LogP contribution in [-0.4, -0.2) is 25.7 Å². The Hall–Kier alpha value is -4.23. The van der Waals surface area contributed by atoms with E-state index in [2.05, 4.69) is 20.4 Å². The van der Waals surface area contributed by atoms with Gasteiger partial charge in [0.2, 0.25) is 0 Å². The molecule has 0 spiro atoms. The molecule has 0 aliphatic carbocycles. The highest BCUT2D eigenvalue weighted by atomic mass is 35.5. The van der Waals surface area contributed by atoms with E-state index in [1.165, 1.54) is 0 Å². The van der Waals surface area contributed by atoms with Gasteiger partial charge in [-0.15, -0.1) is 0 Å². The molecule has 0 saturated heterocycles. The first-order chi connectivity index (χ1) is 16.6. The summed E-state index contributed by atoms with van der Waals surface area (Å²) in [5.74, 6) is 0.135. The molecule has 0 radical (unpaired) electrons. The summed E-state index contributed by atoms with van der Waals surface area (Å²) in [6, 6.07) is 22.3. The van der Waals surface area contributed by atoms with Crippen molar-refractivity contribution in [2.45, 2.75) is 6.61 Å². The number of nitrogens with zero attached hydrogens (tertiary/aromatic N) is 4. The van der Waals surface area contributed by atoms with Crippen LogP contribution in [0.3, 0.4) is 0 Å². The molecule has 0 aliphatic heterocycles. The summed E-state index contributed by atoms with van der Waals surface area (Å²) in [6.45, 7) is 0.125. The summed E-state index contributed by atoms with van der Waals surface area (Å²) in [7, 11) is 1.76. The van der Waals surface area contributed by atoms with Crippen LogP contribution in [0.2, 0.25) is 5.15 Å². The third-order valence-corrected chi connectivity index (χ3v) is 5.80. The van der Waals surface area contributed by atoms with E-state index in [-0.39, 0.29) is 12.5 Å². The predicted molar refractivity (Wildman–Crippen MR) is 132 cm³/mol. The number of anilines is 1. The van der Waals surface area contributed by atoms with Gasteiger partial charge in [0.15, 0.2) is 0 Å². The van der Waals surface area contributed by atoms with Crippen LogP contribution in [0, 0.1) is 0 Å². The zero-order valence-corrected chi connectivity index (χ0v) is 19.0. The summed E-state index contributed by atoms with van der Waals surface area (Å²) in [6.07, 6.45) is 3.34. The maximum absolute atomic E-state index is 13.1. The fourth-order valence-electron chi connectivity index (χ4n) is 3.65. The third kappa shape index (κ3) is 4.33. The number of pyridine rings is 2. The van der Waals surface area contributed by atoms with Crippen LogP contribution in [0.25, 0.3) is 22.3 Å². The Morgan fingerprint density at radius 2 is 1.82 bits per heavy atom. The number of carbonyl (C=O) groups is 1. The zero-order chi connectivity index (χ0) is 23.5. The maximum atomic E-state index is 13.1. The van der Waals surface area contributed by atoms with Gasteiger partial charge in [0.1, 0.15) is 23.2 Å². The molecule has 0 bridgehead atoms. The summed E-state index contributed by atoms with van der Waals surface area (Å²) in [4.78, 5) is 21.8. The highest BCUT2D eigenvalue weighted by Crippen LogP contribution is 2.29. The monoisotopic (exact) mass is 469 g/mol. The van der Waals surface area contributed by atoms with Crippen LogP contribution in [0.4, 0.5) is 5.69 Å². The second-order valence-electron chi connectivity index (χ2n) is 7.61. The summed E-state index contributed by atoms with van der Waals surface area (Å²) in [5, 5.41) is 8.79. The Morgan fingerprint density at radius 1 is 1.03 bits per heavy atom. The number of para-hydroxylation sites is 2. The summed E-state index contributed by atoms with van der Waals surface area (Å²) < 4.78 is 7.65. The van der Waals surface area contributed by atoms with Gasteiger partial charge < -0.3 is 10.1 Å². The largest absolute Gasteiger partial charge is 0.488 e. The van der Waals surface area contributed by atoms with Crippen molar-refractivity contribution in [2.24, 2.45) is 7.05 Å². The number of fused-ring (bicyclic) bond motifs is 1. The van der Waals surface area contributed by atoms with Gasteiger partial charge in [-0.2, -0.15) is 5.10 Å². The number of benzene rings is 2. The third-order valence-electron chi connectivity index (χ3n) is 5.33. The van der Waals surface area contributed by atoms with E-state index in [1.807, 2.05) is 54.6 Å². The lowest BCUT2D eigenvalue weighted by molar-refractivity contribution is 0.102. The molecule has 8 heteroatoms. The van der Waals surface area contributed by atoms with Crippen LogP contribution in [0.15, 0.2) is 85.2 Å². The SMILES string of the molecule is Cn1nc(-c2ccccn2)c(COc2ccccc2C(=O)Nc2cnc3ccccc3c2)c1Cl. The zero-order valence-electron chi connectivity index (χ0n) is 18.3. The molecule has 0 saturated carbocycles. The number of rotatable bonds is 6. The van der Waals surface area contributed by atoms with Crippen molar-refractivity contribution in [3.63, 3.8) is 0 Å². The minimum absolute atomic E-state index is 0.125. The minimum atomic E-state index is -0.296. The number of carbonyl (C=O) groups excluding carboxylic acids is 1. The highest BCUT2D eigenvalue weighted by Gasteiger charge is 2.19. The average Bonchev–Trinajstić information content (AvgIpc) is 3.16. The molecule has 1 amide bonds. The summed E-state index contributed by atoms with van der Waals surface area (Å²) in [5.41, 5.74) is 3.88. The van der Waals surface area contributed by atoms with E-state index in [4.69, 9.17) is 16.3 Å². The van der Waals surface area contributed by atoms with E-state index >= 15 is 0 Å². The van der Waals surface area contributed by atoms with Crippen LogP contribution in [0.5, 0.6) is 5.75 Å². The van der Waals surface area contributed by atoms with Gasteiger partial charge in [-0.25, -0.2) is 0 Å². The predicted octanol–water partition coefficient (Wildman–Crippen LogP) is 5.52. The Bertz CT molecular complexity index is 1480. The number of halogens is 1. The minimum Gasteiger partial charge on any atom is -0.488 e. The van der Waals surface area contributed by atoms with Crippen LogP contribution >= 0.6 is 11.6 Å². The van der Waals surface area contributed by atoms with E-state index < -0.39 is 0 Å². The number of aryl methyl sites for hydroxylation is 1. The van der Waals surface area contributed by atoms with Gasteiger partial charge in [-0.3, -0.25) is 19.4 Å². The number of nitrogens with one attached hydrogen (secondary N) is 1. The Kier molecular flexibility index (Phi) is 5.93. The number of aromatic nitrogens is 4. The molecule has 3 heterocycles. The van der Waals surface area contributed by atoms with Crippen LogP contribution in [-0.2, 0) is 13.7 Å². The van der Waals surface area contributed by atoms with Crippen molar-refractivity contribution in [1.82, 2.24) is 19.7 Å². The average molecular weight is 470 g/mol.